The lowest BCUT2D eigenvalue weighted by molar-refractivity contribution is 0.266. The first kappa shape index (κ1) is 36.7. The number of hydrogen-bond acceptors (Lipinski definition) is 2. The molecule has 0 atom stereocenters. The number of unbranched alkanes of at least 4 members (excludes halogenated alkanes) is 16. The molecule has 0 bridgehead atoms. The van der Waals surface area contributed by atoms with E-state index in [1.165, 1.54) is 128 Å². The van der Waals surface area contributed by atoms with Gasteiger partial charge in [0, 0.05) is 12.8 Å². The second-order valence-corrected chi connectivity index (χ2v) is 11.5. The molecule has 0 radical (unpaired) electrons. The third kappa shape index (κ3) is 29.3. The summed E-state index contributed by atoms with van der Waals surface area (Å²) in [5.74, 6) is 2.12. The zero-order valence-corrected chi connectivity index (χ0v) is 26.4. The lowest BCUT2D eigenvalue weighted by atomic mass is 10.1. The van der Waals surface area contributed by atoms with Gasteiger partial charge in [0.1, 0.15) is 0 Å². The summed E-state index contributed by atoms with van der Waals surface area (Å²) in [4.78, 5) is 2.23. The van der Waals surface area contributed by atoms with Crippen LogP contribution < -0.4 is 0 Å². The summed E-state index contributed by atoms with van der Waals surface area (Å²) in [5.41, 5.74) is 0. The Kier molecular flexibility index (Phi) is 29.2. The number of ether oxygens (including phenoxy) is 1. The van der Waals surface area contributed by atoms with Gasteiger partial charge in [-0.15, -0.1) is 0 Å². The van der Waals surface area contributed by atoms with Crippen molar-refractivity contribution in [3.63, 3.8) is 0 Å². The molecule has 0 aliphatic heterocycles. The lowest BCUT2D eigenvalue weighted by Crippen LogP contribution is -2.13. The van der Waals surface area contributed by atoms with E-state index in [9.17, 15) is 0 Å². The van der Waals surface area contributed by atoms with Crippen LogP contribution in [0.4, 0.5) is 0 Å². The van der Waals surface area contributed by atoms with E-state index in [1.54, 1.807) is 0 Å². The van der Waals surface area contributed by atoms with Crippen molar-refractivity contribution in [3.8, 4) is 0 Å². The Morgan fingerprint density at radius 3 is 1.63 bits per heavy atom. The van der Waals surface area contributed by atoms with Gasteiger partial charge in [-0.1, -0.05) is 115 Å². The molecule has 0 rings (SSSR count). The van der Waals surface area contributed by atoms with Crippen molar-refractivity contribution >= 4 is 0 Å². The Bertz CT molecular complexity index is 586. The van der Waals surface area contributed by atoms with Gasteiger partial charge in [0.05, 0.1) is 11.5 Å². The van der Waals surface area contributed by atoms with Gasteiger partial charge in [-0.05, 0) is 90.9 Å². The van der Waals surface area contributed by atoms with E-state index >= 15 is 0 Å². The molecule has 0 aromatic carbocycles. The normalized spacial score (nSPS) is 12.4. The maximum absolute atomic E-state index is 6.24. The van der Waals surface area contributed by atoms with Crippen LogP contribution in [0.5, 0.6) is 0 Å². The van der Waals surface area contributed by atoms with Gasteiger partial charge in [-0.3, -0.25) is 0 Å². The highest BCUT2D eigenvalue weighted by atomic mass is 16.5. The Morgan fingerprint density at radius 1 is 0.553 bits per heavy atom. The molecule has 0 aliphatic carbocycles. The Morgan fingerprint density at radius 2 is 1.03 bits per heavy atom. The van der Waals surface area contributed by atoms with Gasteiger partial charge in [-0.2, -0.15) is 0 Å². The second-order valence-electron chi connectivity index (χ2n) is 11.5. The second kappa shape index (κ2) is 30.3. The first-order valence-electron chi connectivity index (χ1n) is 16.6. The Balaban J connectivity index is 3.98. The van der Waals surface area contributed by atoms with Crippen LogP contribution in [0.25, 0.3) is 0 Å². The fourth-order valence-electron chi connectivity index (χ4n) is 4.66. The predicted molar refractivity (Wildman–Crippen MR) is 173 cm³/mol. The summed E-state index contributed by atoms with van der Waals surface area (Å²) in [6, 6.07) is 0. The minimum absolute atomic E-state index is 0.942. The molecule has 0 aliphatic rings. The average molecular weight is 530 g/mol. The standard InChI is InChI=1S/C36H67NO/c1-6-8-10-12-14-15-16-17-18-19-20-21-22-23-25-27-29-33-36(32-28-26-24-13-11-9-7-2)38-35(3)31-30-34-37(4)5/h14-15,18-19,32H,3,6-13,16-17,20-31,33-34H2,1-2,4-5H3/b15-14-,19-18-,36-32+. The quantitative estimate of drug-likeness (QED) is 0.0542. The van der Waals surface area contributed by atoms with E-state index in [4.69, 9.17) is 4.74 Å². The van der Waals surface area contributed by atoms with Crippen LogP contribution in [0.15, 0.2) is 48.5 Å². The monoisotopic (exact) mass is 530 g/mol. The zero-order valence-electron chi connectivity index (χ0n) is 26.4. The summed E-state index contributed by atoms with van der Waals surface area (Å²) >= 11 is 0. The zero-order chi connectivity index (χ0) is 27.9. The van der Waals surface area contributed by atoms with E-state index in [0.29, 0.717) is 0 Å². The molecule has 0 saturated heterocycles. The van der Waals surface area contributed by atoms with Crippen molar-refractivity contribution in [3.05, 3.63) is 48.5 Å². The molecule has 0 heterocycles. The summed E-state index contributed by atoms with van der Waals surface area (Å²) in [7, 11) is 4.25. The fourth-order valence-corrected chi connectivity index (χ4v) is 4.66. The first-order chi connectivity index (χ1) is 18.6. The maximum Gasteiger partial charge on any atom is 0.0996 e. The van der Waals surface area contributed by atoms with Crippen molar-refractivity contribution in [2.75, 3.05) is 20.6 Å². The van der Waals surface area contributed by atoms with E-state index < -0.39 is 0 Å². The molecule has 0 aromatic rings. The molecular weight excluding hydrogens is 462 g/mol. The summed E-state index contributed by atoms with van der Waals surface area (Å²) < 4.78 is 6.24. The maximum atomic E-state index is 6.24. The lowest BCUT2D eigenvalue weighted by Gasteiger charge is -2.14. The van der Waals surface area contributed by atoms with Crippen LogP contribution in [-0.4, -0.2) is 25.5 Å². The minimum atomic E-state index is 0.942. The van der Waals surface area contributed by atoms with Gasteiger partial charge in [0.15, 0.2) is 0 Å². The molecule has 0 aromatic heterocycles. The highest BCUT2D eigenvalue weighted by molar-refractivity contribution is 4.99. The SMILES string of the molecule is C=C(CCCN(C)C)O/C(=C/CCCCCCCC)CCCCCCCC/C=C\CC/C=C\CCCCC. The van der Waals surface area contributed by atoms with Gasteiger partial charge >= 0.3 is 0 Å². The molecule has 0 N–H and O–H groups in total. The van der Waals surface area contributed by atoms with Crippen molar-refractivity contribution in [2.45, 2.75) is 162 Å². The van der Waals surface area contributed by atoms with Crippen LogP contribution >= 0.6 is 0 Å². The Labute approximate surface area is 240 Å². The molecule has 0 spiro atoms. The summed E-state index contributed by atoms with van der Waals surface area (Å²) in [6.07, 6.45) is 41.1. The van der Waals surface area contributed by atoms with Crippen LogP contribution in [0.3, 0.4) is 0 Å². The van der Waals surface area contributed by atoms with Crippen molar-refractivity contribution < 1.29 is 4.74 Å². The molecule has 0 amide bonds. The number of allylic oxidation sites excluding steroid dienone is 7. The van der Waals surface area contributed by atoms with Crippen LogP contribution in [0.2, 0.25) is 0 Å². The Hall–Kier alpha value is -1.28. The van der Waals surface area contributed by atoms with E-state index in [1.807, 2.05) is 0 Å². The van der Waals surface area contributed by atoms with Gasteiger partial charge in [0.25, 0.3) is 0 Å². The third-order valence-electron chi connectivity index (χ3n) is 7.12. The minimum Gasteiger partial charge on any atom is -0.467 e. The van der Waals surface area contributed by atoms with Gasteiger partial charge in [-0.25, -0.2) is 0 Å². The van der Waals surface area contributed by atoms with Gasteiger partial charge < -0.3 is 9.64 Å². The highest BCUT2D eigenvalue weighted by Crippen LogP contribution is 2.20. The third-order valence-corrected chi connectivity index (χ3v) is 7.12. The highest BCUT2D eigenvalue weighted by Gasteiger charge is 2.04. The molecule has 0 fully saturated rings. The van der Waals surface area contributed by atoms with Crippen LogP contribution in [-0.2, 0) is 4.74 Å². The summed E-state index contributed by atoms with van der Waals surface area (Å²) in [5, 5.41) is 0. The predicted octanol–water partition coefficient (Wildman–Crippen LogP) is 12.1. The fraction of sp³-hybridized carbons (Fsp3) is 0.778. The number of nitrogens with zero attached hydrogens (tertiary/aromatic N) is 1. The molecule has 2 nitrogen and oxygen atoms in total. The molecule has 2 heteroatoms. The first-order valence-corrected chi connectivity index (χ1v) is 16.6. The smallest absolute Gasteiger partial charge is 0.0996 e. The van der Waals surface area contributed by atoms with Crippen molar-refractivity contribution in [1.82, 2.24) is 4.90 Å². The molecule has 0 saturated carbocycles. The largest absolute Gasteiger partial charge is 0.467 e. The summed E-state index contributed by atoms with van der Waals surface area (Å²) in [6.45, 7) is 9.85. The van der Waals surface area contributed by atoms with E-state index in [-0.39, 0.29) is 0 Å². The molecule has 0 unspecified atom stereocenters. The van der Waals surface area contributed by atoms with Crippen LogP contribution in [0.1, 0.15) is 162 Å². The molecule has 38 heavy (non-hydrogen) atoms. The average Bonchev–Trinajstić information content (AvgIpc) is 2.89. The van der Waals surface area contributed by atoms with Crippen molar-refractivity contribution in [1.29, 1.82) is 0 Å². The van der Waals surface area contributed by atoms with Crippen molar-refractivity contribution in [2.24, 2.45) is 0 Å². The van der Waals surface area contributed by atoms with E-state index in [2.05, 4.69) is 69.8 Å². The topological polar surface area (TPSA) is 12.5 Å². The van der Waals surface area contributed by atoms with E-state index in [0.717, 1.165) is 38.0 Å². The van der Waals surface area contributed by atoms with Gasteiger partial charge in [0.2, 0.25) is 0 Å². The number of rotatable bonds is 29. The van der Waals surface area contributed by atoms with Crippen LogP contribution in [0, 0.1) is 0 Å². The molecule has 222 valence electrons. The number of hydrogen-bond donors (Lipinski definition) is 0. The molecular formula is C36H67NO.